The number of benzene rings is 1. The Hall–Kier alpha value is -3.09. The number of ether oxygens (including phenoxy) is 2. The lowest BCUT2D eigenvalue weighted by Crippen LogP contribution is -2.50. The number of rotatable bonds is 2. The van der Waals surface area contributed by atoms with Crippen LogP contribution < -0.4 is 10.6 Å². The predicted molar refractivity (Wildman–Crippen MR) is 96.3 cm³/mol. The quantitative estimate of drug-likeness (QED) is 0.798. The van der Waals surface area contributed by atoms with Gasteiger partial charge >= 0.3 is 5.97 Å². The van der Waals surface area contributed by atoms with Crippen molar-refractivity contribution >= 4 is 23.3 Å². The van der Waals surface area contributed by atoms with E-state index in [-0.39, 0.29) is 29.4 Å². The molecule has 7 nitrogen and oxygen atoms in total. The lowest BCUT2D eigenvalue weighted by Gasteiger charge is -2.38. The van der Waals surface area contributed by atoms with Gasteiger partial charge < -0.3 is 20.1 Å². The molecule has 3 aliphatic rings. The molecule has 2 aliphatic heterocycles. The van der Waals surface area contributed by atoms with Crippen LogP contribution in [0.1, 0.15) is 31.7 Å². The van der Waals surface area contributed by atoms with E-state index in [4.69, 9.17) is 15.2 Å². The van der Waals surface area contributed by atoms with Crippen LogP contribution in [0.25, 0.3) is 0 Å². The van der Waals surface area contributed by atoms with E-state index in [1.807, 2.05) is 0 Å². The van der Waals surface area contributed by atoms with Crippen molar-refractivity contribution in [2.24, 2.45) is 5.73 Å². The molecule has 0 bridgehead atoms. The molecule has 0 radical (unpaired) electrons. The van der Waals surface area contributed by atoms with Gasteiger partial charge in [-0.25, -0.2) is 4.79 Å². The van der Waals surface area contributed by atoms with Gasteiger partial charge in [0.2, 0.25) is 11.8 Å². The predicted octanol–water partition coefficient (Wildman–Crippen LogP) is 1.67. The van der Waals surface area contributed by atoms with Gasteiger partial charge in [-0.05, 0) is 19.4 Å². The number of fused-ring (bicyclic) bond motifs is 3. The van der Waals surface area contributed by atoms with Gasteiger partial charge in [0.15, 0.2) is 5.78 Å². The maximum Gasteiger partial charge on any atom is 0.341 e. The molecule has 2 heterocycles. The summed E-state index contributed by atoms with van der Waals surface area (Å²) in [4.78, 5) is 40.9. The molecule has 0 aromatic heterocycles. The lowest BCUT2D eigenvalue weighted by atomic mass is 9.64. The Kier molecular flexibility index (Phi) is 3.83. The highest BCUT2D eigenvalue weighted by Crippen LogP contribution is 2.55. The van der Waals surface area contributed by atoms with Crippen LogP contribution in [0, 0.1) is 0 Å². The topological polar surface area (TPSA) is 98.9 Å². The number of nitrogens with two attached hydrogens (primary N) is 1. The summed E-state index contributed by atoms with van der Waals surface area (Å²) < 4.78 is 10.9. The van der Waals surface area contributed by atoms with E-state index in [9.17, 15) is 14.4 Å². The van der Waals surface area contributed by atoms with Crippen LogP contribution in [0.4, 0.5) is 5.69 Å². The monoisotopic (exact) mass is 368 g/mol. The highest BCUT2D eigenvalue weighted by molar-refractivity contribution is 6.23. The highest BCUT2D eigenvalue weighted by Gasteiger charge is 2.63. The minimum atomic E-state index is -1.62. The molecule has 0 fully saturated rings. The van der Waals surface area contributed by atoms with Crippen LogP contribution in [-0.2, 0) is 29.3 Å². The SMILES string of the molecule is CCOC(=O)C1=C(N)OC2=C(C(=O)CCC2)[C@@]12C(=O)N(C)c1ccccc12. The summed E-state index contributed by atoms with van der Waals surface area (Å²) in [6, 6.07) is 7.11. The largest absolute Gasteiger partial charge is 0.462 e. The fourth-order valence-corrected chi connectivity index (χ4v) is 4.33. The Labute approximate surface area is 156 Å². The number of carbonyl (C=O) groups excluding carboxylic acids is 3. The number of Topliss-reactive ketones (excluding diaryl/α,β-unsaturated/α-hetero) is 1. The molecule has 1 aromatic rings. The number of para-hydroxylation sites is 1. The molecule has 1 atom stereocenters. The van der Waals surface area contributed by atoms with Crippen LogP contribution in [0.5, 0.6) is 0 Å². The third kappa shape index (κ3) is 2.11. The molecule has 0 saturated heterocycles. The lowest BCUT2D eigenvalue weighted by molar-refractivity contribution is -0.141. The molecule has 1 aliphatic carbocycles. The van der Waals surface area contributed by atoms with Crippen LogP contribution in [0.15, 0.2) is 47.1 Å². The van der Waals surface area contributed by atoms with Gasteiger partial charge in [0, 0.05) is 31.1 Å². The third-order valence-electron chi connectivity index (χ3n) is 5.37. The number of likely N-dealkylation sites (N-methyl/N-ethyl adjacent to an activating group) is 1. The molecular formula is C20H20N2O5. The van der Waals surface area contributed by atoms with Gasteiger partial charge in [0.1, 0.15) is 16.7 Å². The first kappa shape index (κ1) is 17.3. The number of allylic oxidation sites excluding steroid dienone is 1. The van der Waals surface area contributed by atoms with Crippen molar-refractivity contribution in [1.29, 1.82) is 0 Å². The van der Waals surface area contributed by atoms with E-state index < -0.39 is 17.3 Å². The summed E-state index contributed by atoms with van der Waals surface area (Å²) >= 11 is 0. The Morgan fingerprint density at radius 2 is 2.04 bits per heavy atom. The molecule has 0 saturated carbocycles. The summed E-state index contributed by atoms with van der Waals surface area (Å²) in [5, 5.41) is 0. The first-order chi connectivity index (χ1) is 12.9. The van der Waals surface area contributed by atoms with Gasteiger partial charge in [0.25, 0.3) is 0 Å². The molecule has 27 heavy (non-hydrogen) atoms. The van der Waals surface area contributed by atoms with E-state index in [1.165, 1.54) is 4.90 Å². The molecule has 1 aromatic carbocycles. The molecule has 2 N–H and O–H groups in total. The number of amides is 1. The summed E-state index contributed by atoms with van der Waals surface area (Å²) in [5.41, 5.74) is 5.79. The molecular weight excluding hydrogens is 348 g/mol. The fraction of sp³-hybridized carbons (Fsp3) is 0.350. The normalized spacial score (nSPS) is 24.1. The van der Waals surface area contributed by atoms with Crippen molar-refractivity contribution in [2.75, 3.05) is 18.6 Å². The first-order valence-electron chi connectivity index (χ1n) is 8.94. The van der Waals surface area contributed by atoms with Gasteiger partial charge in [-0.2, -0.15) is 0 Å². The van der Waals surface area contributed by atoms with Gasteiger partial charge in [-0.3, -0.25) is 9.59 Å². The molecule has 140 valence electrons. The molecule has 1 spiro atoms. The Morgan fingerprint density at radius 3 is 2.78 bits per heavy atom. The number of ketones is 1. The summed E-state index contributed by atoms with van der Waals surface area (Å²) in [6.07, 6.45) is 1.39. The maximum atomic E-state index is 13.6. The van der Waals surface area contributed by atoms with Crippen molar-refractivity contribution in [3.8, 4) is 0 Å². The number of anilines is 1. The van der Waals surface area contributed by atoms with Gasteiger partial charge in [-0.15, -0.1) is 0 Å². The fourth-order valence-electron chi connectivity index (χ4n) is 4.33. The smallest absolute Gasteiger partial charge is 0.341 e. The molecule has 1 amide bonds. The van der Waals surface area contributed by atoms with Crippen molar-refractivity contribution in [3.63, 3.8) is 0 Å². The summed E-state index contributed by atoms with van der Waals surface area (Å²) in [6.45, 7) is 1.77. The zero-order valence-electron chi connectivity index (χ0n) is 15.2. The average molecular weight is 368 g/mol. The Balaban J connectivity index is 2.10. The molecule has 0 unspecified atom stereocenters. The van der Waals surface area contributed by atoms with Crippen LogP contribution in [0.2, 0.25) is 0 Å². The Bertz CT molecular complexity index is 945. The second-order valence-electron chi connectivity index (χ2n) is 6.77. The number of carbonyl (C=O) groups is 3. The van der Waals surface area contributed by atoms with E-state index in [1.54, 1.807) is 38.2 Å². The van der Waals surface area contributed by atoms with Crippen molar-refractivity contribution in [3.05, 3.63) is 52.6 Å². The standard InChI is InChI=1S/C20H20N2O5/c1-3-26-18(24)16-17(21)27-14-10-6-9-13(23)15(14)20(16)11-7-4-5-8-12(11)22(2)19(20)25/h4-5,7-8H,3,6,9-10,21H2,1-2H3/t20-/m1/s1. The minimum absolute atomic E-state index is 0.108. The molecule has 7 heteroatoms. The van der Waals surface area contributed by atoms with E-state index >= 15 is 0 Å². The van der Waals surface area contributed by atoms with Crippen molar-refractivity contribution in [1.82, 2.24) is 0 Å². The zero-order valence-corrected chi connectivity index (χ0v) is 15.2. The third-order valence-corrected chi connectivity index (χ3v) is 5.37. The van der Waals surface area contributed by atoms with Gasteiger partial charge in [0.05, 0.1) is 12.2 Å². The second kappa shape index (κ2) is 5.97. The number of hydrogen-bond acceptors (Lipinski definition) is 6. The minimum Gasteiger partial charge on any atom is -0.462 e. The van der Waals surface area contributed by atoms with Crippen molar-refractivity contribution in [2.45, 2.75) is 31.6 Å². The van der Waals surface area contributed by atoms with E-state index in [0.717, 1.165) is 0 Å². The Morgan fingerprint density at radius 1 is 1.30 bits per heavy atom. The van der Waals surface area contributed by atoms with E-state index in [0.29, 0.717) is 36.3 Å². The maximum absolute atomic E-state index is 13.6. The number of esters is 1. The van der Waals surface area contributed by atoms with Gasteiger partial charge in [-0.1, -0.05) is 18.2 Å². The van der Waals surface area contributed by atoms with E-state index in [2.05, 4.69) is 0 Å². The molecule has 4 rings (SSSR count). The average Bonchev–Trinajstić information content (AvgIpc) is 2.85. The first-order valence-corrected chi connectivity index (χ1v) is 8.94. The zero-order chi connectivity index (χ0) is 19.3. The summed E-state index contributed by atoms with van der Waals surface area (Å²) in [5.74, 6) is -1.17. The van der Waals surface area contributed by atoms with Crippen molar-refractivity contribution < 1.29 is 23.9 Å². The van der Waals surface area contributed by atoms with Crippen LogP contribution >= 0.6 is 0 Å². The highest BCUT2D eigenvalue weighted by atomic mass is 16.5. The number of nitrogens with zero attached hydrogens (tertiary/aromatic N) is 1. The number of hydrogen-bond donors (Lipinski definition) is 1. The summed E-state index contributed by atoms with van der Waals surface area (Å²) in [7, 11) is 1.62. The van der Waals surface area contributed by atoms with Crippen LogP contribution in [-0.4, -0.2) is 31.3 Å². The van der Waals surface area contributed by atoms with Crippen LogP contribution in [0.3, 0.4) is 0 Å². The second-order valence-corrected chi connectivity index (χ2v) is 6.77.